The summed E-state index contributed by atoms with van der Waals surface area (Å²) >= 11 is 0. The first-order valence-electron chi connectivity index (χ1n) is 10.9. The molecule has 1 N–H and O–H groups in total. The van der Waals surface area contributed by atoms with Crippen molar-refractivity contribution in [2.24, 2.45) is 0 Å². The third-order valence-electron chi connectivity index (χ3n) is 6.39. The van der Waals surface area contributed by atoms with Crippen LogP contribution in [0.2, 0.25) is 0 Å². The number of unbranched alkanes of at least 4 members (excludes halogenated alkanes) is 1. The molecule has 3 aromatic carbocycles. The van der Waals surface area contributed by atoms with E-state index in [9.17, 15) is 5.11 Å². The topological polar surface area (TPSA) is 23.5 Å². The predicted octanol–water partition coefficient (Wildman–Crippen LogP) is 5.58. The molecule has 1 heterocycles. The molecule has 1 aliphatic rings. The summed E-state index contributed by atoms with van der Waals surface area (Å²) in [6.07, 6.45) is 4.23. The normalized spacial score (nSPS) is 19.1. The molecule has 1 saturated heterocycles. The average Bonchev–Trinajstić information content (AvgIpc) is 2.81. The van der Waals surface area contributed by atoms with Crippen LogP contribution < -0.4 is 0 Å². The Morgan fingerprint density at radius 3 is 1.86 bits per heavy atom. The highest BCUT2D eigenvalue weighted by atomic mass is 16.2. The Hall–Kier alpha value is -2.42. The van der Waals surface area contributed by atoms with Crippen LogP contribution in [0.1, 0.15) is 48.3 Å². The summed E-state index contributed by atoms with van der Waals surface area (Å²) in [7, 11) is 0. The summed E-state index contributed by atoms with van der Waals surface area (Å²) < 4.78 is 0. The Bertz CT molecular complexity index is 823. The molecule has 150 valence electrons. The van der Waals surface area contributed by atoms with Crippen LogP contribution in [0.25, 0.3) is 0 Å². The van der Waals surface area contributed by atoms with E-state index in [-0.39, 0.29) is 12.1 Å². The minimum atomic E-state index is -0.197. The highest BCUT2D eigenvalue weighted by Crippen LogP contribution is 2.52. The van der Waals surface area contributed by atoms with E-state index in [2.05, 4.69) is 95.9 Å². The van der Waals surface area contributed by atoms with Crippen LogP contribution in [0, 0.1) is 0 Å². The molecule has 0 aliphatic carbocycles. The second kappa shape index (κ2) is 9.39. The average molecular weight is 386 g/mol. The zero-order chi connectivity index (χ0) is 19.9. The lowest BCUT2D eigenvalue weighted by Crippen LogP contribution is -2.54. The van der Waals surface area contributed by atoms with E-state index in [1.165, 1.54) is 29.5 Å². The molecule has 0 saturated carbocycles. The predicted molar refractivity (Wildman–Crippen MR) is 120 cm³/mol. The summed E-state index contributed by atoms with van der Waals surface area (Å²) in [6.45, 7) is 2.34. The number of aliphatic hydroxyl groups excluding tert-OH is 1. The van der Waals surface area contributed by atoms with Crippen molar-refractivity contribution in [3.05, 3.63) is 108 Å². The van der Waals surface area contributed by atoms with Crippen molar-refractivity contribution < 1.29 is 5.11 Å². The summed E-state index contributed by atoms with van der Waals surface area (Å²) in [5.74, 6) is 0.386. The third kappa shape index (κ3) is 3.88. The summed E-state index contributed by atoms with van der Waals surface area (Å²) in [5.41, 5.74) is 3.94. The van der Waals surface area contributed by atoms with E-state index in [0.29, 0.717) is 5.92 Å². The van der Waals surface area contributed by atoms with Crippen LogP contribution in [0.5, 0.6) is 0 Å². The number of benzene rings is 3. The molecule has 0 bridgehead atoms. The van der Waals surface area contributed by atoms with Crippen molar-refractivity contribution in [3.8, 4) is 0 Å². The molecule has 1 fully saturated rings. The SMILES string of the molecule is OCCCCN1CCCC(c2ccccc2)C1(c1ccccc1)c1ccccc1. The van der Waals surface area contributed by atoms with Gasteiger partial charge in [0, 0.05) is 12.5 Å². The van der Waals surface area contributed by atoms with E-state index in [1.807, 2.05) is 0 Å². The van der Waals surface area contributed by atoms with Crippen molar-refractivity contribution >= 4 is 0 Å². The van der Waals surface area contributed by atoms with E-state index in [1.54, 1.807) is 0 Å². The first-order chi connectivity index (χ1) is 14.4. The maximum atomic E-state index is 9.37. The molecule has 2 nitrogen and oxygen atoms in total. The number of piperidine rings is 1. The zero-order valence-corrected chi connectivity index (χ0v) is 17.1. The Kier molecular flexibility index (Phi) is 6.43. The van der Waals surface area contributed by atoms with Gasteiger partial charge < -0.3 is 5.11 Å². The van der Waals surface area contributed by atoms with Gasteiger partial charge in [0.15, 0.2) is 0 Å². The molecule has 1 unspecified atom stereocenters. The van der Waals surface area contributed by atoms with Gasteiger partial charge in [0.25, 0.3) is 0 Å². The molecule has 29 heavy (non-hydrogen) atoms. The maximum Gasteiger partial charge on any atom is 0.0785 e. The molecule has 1 aliphatic heterocycles. The number of rotatable bonds is 7. The Balaban J connectivity index is 1.92. The van der Waals surface area contributed by atoms with Crippen LogP contribution in [0.3, 0.4) is 0 Å². The first kappa shape index (κ1) is 19.9. The van der Waals surface area contributed by atoms with Crippen molar-refractivity contribution in [2.45, 2.75) is 37.1 Å². The van der Waals surface area contributed by atoms with Gasteiger partial charge in [0.1, 0.15) is 0 Å². The maximum absolute atomic E-state index is 9.37. The number of hydrogen-bond acceptors (Lipinski definition) is 2. The van der Waals surface area contributed by atoms with Gasteiger partial charge in [0.2, 0.25) is 0 Å². The summed E-state index contributed by atoms with van der Waals surface area (Å²) in [5, 5.41) is 9.37. The smallest absolute Gasteiger partial charge is 0.0785 e. The fourth-order valence-corrected chi connectivity index (χ4v) is 5.21. The summed E-state index contributed by atoms with van der Waals surface area (Å²) in [6, 6.07) is 33.1. The Morgan fingerprint density at radius 1 is 0.759 bits per heavy atom. The fourth-order valence-electron chi connectivity index (χ4n) is 5.21. The number of likely N-dealkylation sites (tertiary alicyclic amines) is 1. The monoisotopic (exact) mass is 385 g/mol. The molecule has 0 aromatic heterocycles. The van der Waals surface area contributed by atoms with Gasteiger partial charge in [-0.1, -0.05) is 91.0 Å². The Morgan fingerprint density at radius 2 is 1.31 bits per heavy atom. The quantitative estimate of drug-likeness (QED) is 0.537. The molecule has 3 aromatic rings. The molecule has 4 rings (SSSR count). The molecular weight excluding hydrogens is 354 g/mol. The van der Waals surface area contributed by atoms with Crippen LogP contribution in [0.15, 0.2) is 91.0 Å². The van der Waals surface area contributed by atoms with Crippen LogP contribution in [-0.2, 0) is 5.54 Å². The number of hydrogen-bond donors (Lipinski definition) is 1. The molecule has 2 heteroatoms. The van der Waals surface area contributed by atoms with Crippen molar-refractivity contribution in [1.29, 1.82) is 0 Å². The zero-order valence-electron chi connectivity index (χ0n) is 17.1. The van der Waals surface area contributed by atoms with E-state index >= 15 is 0 Å². The van der Waals surface area contributed by atoms with Crippen LogP contribution in [0.4, 0.5) is 0 Å². The summed E-state index contributed by atoms with van der Waals surface area (Å²) in [4.78, 5) is 2.69. The van der Waals surface area contributed by atoms with E-state index in [4.69, 9.17) is 0 Å². The van der Waals surface area contributed by atoms with Gasteiger partial charge in [0.05, 0.1) is 5.54 Å². The van der Waals surface area contributed by atoms with Gasteiger partial charge in [-0.05, 0) is 55.5 Å². The highest BCUT2D eigenvalue weighted by molar-refractivity contribution is 5.45. The van der Waals surface area contributed by atoms with Crippen molar-refractivity contribution in [2.75, 3.05) is 19.7 Å². The largest absolute Gasteiger partial charge is 0.396 e. The highest BCUT2D eigenvalue weighted by Gasteiger charge is 2.49. The van der Waals surface area contributed by atoms with E-state index in [0.717, 1.165) is 25.9 Å². The van der Waals surface area contributed by atoms with Crippen molar-refractivity contribution in [3.63, 3.8) is 0 Å². The number of nitrogens with zero attached hydrogens (tertiary/aromatic N) is 1. The first-order valence-corrected chi connectivity index (χ1v) is 10.9. The standard InChI is InChI=1S/C27H31NO/c29-22-11-10-20-28-21-12-19-26(23-13-4-1-5-14-23)27(28,24-15-6-2-7-16-24)25-17-8-3-9-18-25/h1-9,13-18,26,29H,10-12,19-22H2. The minimum Gasteiger partial charge on any atom is -0.396 e. The molecule has 0 spiro atoms. The molecule has 1 atom stereocenters. The lowest BCUT2D eigenvalue weighted by Gasteiger charge is -2.53. The van der Waals surface area contributed by atoms with Gasteiger partial charge in [-0.15, -0.1) is 0 Å². The van der Waals surface area contributed by atoms with Crippen LogP contribution in [-0.4, -0.2) is 29.7 Å². The van der Waals surface area contributed by atoms with Gasteiger partial charge in [-0.2, -0.15) is 0 Å². The fraction of sp³-hybridized carbons (Fsp3) is 0.333. The van der Waals surface area contributed by atoms with Gasteiger partial charge in [-0.25, -0.2) is 0 Å². The second-order valence-electron chi connectivity index (χ2n) is 8.02. The number of aliphatic hydroxyl groups is 1. The van der Waals surface area contributed by atoms with E-state index < -0.39 is 0 Å². The lowest BCUT2D eigenvalue weighted by atomic mass is 9.65. The minimum absolute atomic E-state index is 0.197. The van der Waals surface area contributed by atoms with Gasteiger partial charge >= 0.3 is 0 Å². The Labute approximate surface area is 174 Å². The molecular formula is C27H31NO. The third-order valence-corrected chi connectivity index (χ3v) is 6.39. The molecule has 0 amide bonds. The van der Waals surface area contributed by atoms with Gasteiger partial charge in [-0.3, -0.25) is 4.90 Å². The second-order valence-corrected chi connectivity index (χ2v) is 8.02. The molecule has 0 radical (unpaired) electrons. The lowest BCUT2D eigenvalue weighted by molar-refractivity contribution is 0.0520. The van der Waals surface area contributed by atoms with Crippen LogP contribution >= 0.6 is 0 Å². The van der Waals surface area contributed by atoms with Crippen molar-refractivity contribution in [1.82, 2.24) is 4.90 Å².